The molecule has 0 aliphatic rings. The van der Waals surface area contributed by atoms with Gasteiger partial charge in [-0.1, -0.05) is 30.3 Å². The molecular formula is C13H14O3. The molecule has 0 saturated heterocycles. The molecule has 0 heterocycles. The minimum absolute atomic E-state index is 0.0331. The fourth-order valence-corrected chi connectivity index (χ4v) is 1.50. The van der Waals surface area contributed by atoms with Crippen LogP contribution in [0.1, 0.15) is 30.6 Å². The van der Waals surface area contributed by atoms with Crippen LogP contribution in [0.15, 0.2) is 30.3 Å². The Balaban J connectivity index is 2.77. The quantitative estimate of drug-likeness (QED) is 0.561. The van der Waals surface area contributed by atoms with Gasteiger partial charge in [-0.25, -0.2) is 0 Å². The van der Waals surface area contributed by atoms with Crippen molar-refractivity contribution < 1.29 is 14.4 Å². The van der Waals surface area contributed by atoms with E-state index in [1.54, 1.807) is 24.3 Å². The maximum absolute atomic E-state index is 11.8. The minimum atomic E-state index is -0.798. The molecule has 0 atom stereocenters. The van der Waals surface area contributed by atoms with E-state index in [0.717, 1.165) is 0 Å². The summed E-state index contributed by atoms with van der Waals surface area (Å²) in [6.07, 6.45) is -0.0331. The average molecular weight is 218 g/mol. The molecule has 84 valence electrons. The van der Waals surface area contributed by atoms with Crippen molar-refractivity contribution in [3.05, 3.63) is 35.9 Å². The molecule has 3 heteroatoms. The van der Waals surface area contributed by atoms with Crippen LogP contribution in [0.3, 0.4) is 0 Å². The zero-order chi connectivity index (χ0) is 12.1. The topological polar surface area (TPSA) is 51.2 Å². The van der Waals surface area contributed by atoms with Crippen LogP contribution >= 0.6 is 0 Å². The van der Waals surface area contributed by atoms with Gasteiger partial charge in [0.2, 0.25) is 0 Å². The lowest BCUT2D eigenvalue weighted by Crippen LogP contribution is -2.22. The van der Waals surface area contributed by atoms with Crippen molar-refractivity contribution in [2.24, 2.45) is 5.92 Å². The Bertz CT molecular complexity index is 392. The van der Waals surface area contributed by atoms with Crippen LogP contribution in [0.5, 0.6) is 0 Å². The molecule has 1 aromatic rings. The number of benzene rings is 1. The highest BCUT2D eigenvalue weighted by atomic mass is 16.2. The molecule has 0 saturated carbocycles. The van der Waals surface area contributed by atoms with Gasteiger partial charge in [0.05, 0.1) is 5.92 Å². The molecule has 0 aliphatic heterocycles. The van der Waals surface area contributed by atoms with Crippen LogP contribution < -0.4 is 0 Å². The highest BCUT2D eigenvalue weighted by Gasteiger charge is 2.23. The number of hydrogen-bond donors (Lipinski definition) is 0. The highest BCUT2D eigenvalue weighted by Crippen LogP contribution is 2.12. The number of hydrogen-bond acceptors (Lipinski definition) is 3. The van der Waals surface area contributed by atoms with Crippen LogP contribution in [0.4, 0.5) is 0 Å². The molecule has 1 rings (SSSR count). The van der Waals surface area contributed by atoms with E-state index in [-0.39, 0.29) is 23.8 Å². The predicted octanol–water partition coefficient (Wildman–Crippen LogP) is 2.05. The molecule has 0 unspecified atom stereocenters. The summed E-state index contributed by atoms with van der Waals surface area (Å²) in [6.45, 7) is 2.68. The van der Waals surface area contributed by atoms with Gasteiger partial charge in [0.25, 0.3) is 0 Å². The Morgan fingerprint density at radius 2 is 1.50 bits per heavy atom. The summed E-state index contributed by atoms with van der Waals surface area (Å²) < 4.78 is 0. The standard InChI is InChI=1S/C13H14O3/c1-9(14)12(10(2)15)8-13(16)11-6-4-3-5-7-11/h3-7,12H,8H2,1-2H3. The number of rotatable bonds is 5. The van der Waals surface area contributed by atoms with Crippen LogP contribution in [0.25, 0.3) is 0 Å². The lowest BCUT2D eigenvalue weighted by molar-refractivity contribution is -0.130. The van der Waals surface area contributed by atoms with Crippen molar-refractivity contribution in [1.29, 1.82) is 0 Å². The summed E-state index contributed by atoms with van der Waals surface area (Å²) in [5.74, 6) is -1.47. The Morgan fingerprint density at radius 3 is 1.94 bits per heavy atom. The van der Waals surface area contributed by atoms with E-state index in [0.29, 0.717) is 5.56 Å². The fourth-order valence-electron chi connectivity index (χ4n) is 1.50. The average Bonchev–Trinajstić information content (AvgIpc) is 2.25. The van der Waals surface area contributed by atoms with Crippen molar-refractivity contribution in [1.82, 2.24) is 0 Å². The monoisotopic (exact) mass is 218 g/mol. The third kappa shape index (κ3) is 3.12. The van der Waals surface area contributed by atoms with Gasteiger partial charge in [-0.2, -0.15) is 0 Å². The summed E-state index contributed by atoms with van der Waals surface area (Å²) in [5, 5.41) is 0. The molecule has 0 spiro atoms. The Morgan fingerprint density at radius 1 is 1.00 bits per heavy atom. The number of carbonyl (C=O) groups excluding carboxylic acids is 3. The molecule has 0 aliphatic carbocycles. The number of Topliss-reactive ketones (excluding diaryl/α,β-unsaturated/α-hetero) is 3. The largest absolute Gasteiger partial charge is 0.299 e. The van der Waals surface area contributed by atoms with Crippen LogP contribution in [-0.2, 0) is 9.59 Å². The zero-order valence-electron chi connectivity index (χ0n) is 9.40. The van der Waals surface area contributed by atoms with Crippen LogP contribution in [0.2, 0.25) is 0 Å². The van der Waals surface area contributed by atoms with Gasteiger partial charge in [0.1, 0.15) is 11.6 Å². The molecule has 0 radical (unpaired) electrons. The van der Waals surface area contributed by atoms with Crippen molar-refractivity contribution >= 4 is 17.3 Å². The molecule has 0 amide bonds. The maximum Gasteiger partial charge on any atom is 0.164 e. The molecular weight excluding hydrogens is 204 g/mol. The van der Waals surface area contributed by atoms with Gasteiger partial charge >= 0.3 is 0 Å². The van der Waals surface area contributed by atoms with Gasteiger partial charge in [-0.3, -0.25) is 14.4 Å². The third-order valence-corrected chi connectivity index (χ3v) is 2.47. The summed E-state index contributed by atoms with van der Waals surface area (Å²) in [5.41, 5.74) is 0.537. The van der Waals surface area contributed by atoms with Crippen molar-refractivity contribution in [3.63, 3.8) is 0 Å². The Kier molecular flexibility index (Phi) is 4.11. The van der Waals surface area contributed by atoms with Crippen molar-refractivity contribution in [2.75, 3.05) is 0 Å². The van der Waals surface area contributed by atoms with Gasteiger partial charge < -0.3 is 0 Å². The van der Waals surface area contributed by atoms with E-state index in [9.17, 15) is 14.4 Å². The van der Waals surface area contributed by atoms with Crippen LogP contribution in [0, 0.1) is 5.92 Å². The van der Waals surface area contributed by atoms with Crippen LogP contribution in [-0.4, -0.2) is 17.3 Å². The van der Waals surface area contributed by atoms with E-state index < -0.39 is 5.92 Å². The summed E-state index contributed by atoms with van der Waals surface area (Å²) in [6, 6.07) is 8.68. The molecule has 0 bridgehead atoms. The summed E-state index contributed by atoms with van der Waals surface area (Å²) >= 11 is 0. The van der Waals surface area contributed by atoms with E-state index in [4.69, 9.17) is 0 Å². The second kappa shape index (κ2) is 5.35. The summed E-state index contributed by atoms with van der Waals surface area (Å²) in [4.78, 5) is 34.1. The lowest BCUT2D eigenvalue weighted by atomic mass is 9.92. The zero-order valence-corrected chi connectivity index (χ0v) is 9.40. The predicted molar refractivity (Wildman–Crippen MR) is 60.2 cm³/mol. The third-order valence-electron chi connectivity index (χ3n) is 2.47. The number of carbonyl (C=O) groups is 3. The molecule has 1 aromatic carbocycles. The Hall–Kier alpha value is -1.77. The smallest absolute Gasteiger partial charge is 0.164 e. The first kappa shape index (κ1) is 12.3. The fraction of sp³-hybridized carbons (Fsp3) is 0.308. The number of ketones is 3. The van der Waals surface area contributed by atoms with Gasteiger partial charge in [0.15, 0.2) is 5.78 Å². The normalized spacial score (nSPS) is 10.2. The van der Waals surface area contributed by atoms with E-state index >= 15 is 0 Å². The molecule has 16 heavy (non-hydrogen) atoms. The lowest BCUT2D eigenvalue weighted by Gasteiger charge is -2.08. The summed E-state index contributed by atoms with van der Waals surface area (Å²) in [7, 11) is 0. The van der Waals surface area contributed by atoms with Gasteiger partial charge in [-0.05, 0) is 13.8 Å². The van der Waals surface area contributed by atoms with Crippen molar-refractivity contribution in [3.8, 4) is 0 Å². The minimum Gasteiger partial charge on any atom is -0.299 e. The van der Waals surface area contributed by atoms with Crippen molar-refractivity contribution in [2.45, 2.75) is 20.3 Å². The van der Waals surface area contributed by atoms with E-state index in [2.05, 4.69) is 0 Å². The first-order chi connectivity index (χ1) is 7.52. The molecule has 0 N–H and O–H groups in total. The highest BCUT2D eigenvalue weighted by molar-refractivity contribution is 6.06. The molecule has 0 aromatic heterocycles. The van der Waals surface area contributed by atoms with Gasteiger partial charge in [-0.15, -0.1) is 0 Å². The SMILES string of the molecule is CC(=O)C(CC(=O)c1ccccc1)C(C)=O. The second-order valence-electron chi connectivity index (χ2n) is 3.77. The van der Waals surface area contributed by atoms with E-state index in [1.165, 1.54) is 13.8 Å². The van der Waals surface area contributed by atoms with E-state index in [1.807, 2.05) is 6.07 Å². The Labute approximate surface area is 94.5 Å². The first-order valence-electron chi connectivity index (χ1n) is 5.11. The second-order valence-corrected chi connectivity index (χ2v) is 3.77. The van der Waals surface area contributed by atoms with Gasteiger partial charge in [0, 0.05) is 12.0 Å². The maximum atomic E-state index is 11.8. The molecule has 0 fully saturated rings. The first-order valence-corrected chi connectivity index (χ1v) is 5.11. The molecule has 3 nitrogen and oxygen atoms in total.